The minimum Gasteiger partial charge on any atom is -0.479 e. The molecule has 0 fully saturated rings. The molecule has 0 spiro atoms. The molecule has 2 N–H and O–H groups in total. The molecule has 0 aromatic carbocycles. The zero-order chi connectivity index (χ0) is 14.7. The molecule has 0 radical (unpaired) electrons. The molecule has 0 saturated carbocycles. The molecule has 18 heavy (non-hydrogen) atoms. The average molecular weight is 258 g/mol. The molecule has 104 valence electrons. The van der Waals surface area contributed by atoms with Crippen molar-refractivity contribution < 1.29 is 19.8 Å². The van der Waals surface area contributed by atoms with Gasteiger partial charge in [0.1, 0.15) is 0 Å². The van der Waals surface area contributed by atoms with Gasteiger partial charge in [0.2, 0.25) is 0 Å². The van der Waals surface area contributed by atoms with Crippen LogP contribution in [0.1, 0.15) is 41.5 Å². The Balaban J connectivity index is 5.45. The molecule has 6 nitrogen and oxygen atoms in total. The quantitative estimate of drug-likeness (QED) is 0.714. The number of azo groups is 1. The summed E-state index contributed by atoms with van der Waals surface area (Å²) < 4.78 is 0. The van der Waals surface area contributed by atoms with E-state index in [1.807, 2.05) is 0 Å². The third-order valence-electron chi connectivity index (χ3n) is 3.58. The number of hydrogen-bond acceptors (Lipinski definition) is 4. The fourth-order valence-corrected chi connectivity index (χ4v) is 1.02. The molecule has 0 aliphatic rings. The Morgan fingerprint density at radius 3 is 1.17 bits per heavy atom. The van der Waals surface area contributed by atoms with Crippen molar-refractivity contribution in [3.05, 3.63) is 0 Å². The number of aliphatic carboxylic acids is 2. The monoisotopic (exact) mass is 258 g/mol. The zero-order valence-electron chi connectivity index (χ0n) is 11.8. The molecule has 0 aromatic rings. The summed E-state index contributed by atoms with van der Waals surface area (Å²) in [6.45, 7) is 9.71. The van der Waals surface area contributed by atoms with E-state index in [1.165, 1.54) is 13.8 Å². The van der Waals surface area contributed by atoms with E-state index in [-0.39, 0.29) is 11.8 Å². The maximum absolute atomic E-state index is 11.2. The number of nitrogens with zero attached hydrogens (tertiary/aromatic N) is 2. The van der Waals surface area contributed by atoms with Crippen LogP contribution in [0.2, 0.25) is 0 Å². The van der Waals surface area contributed by atoms with Crippen LogP contribution < -0.4 is 0 Å². The predicted molar refractivity (Wildman–Crippen MR) is 66.6 cm³/mol. The van der Waals surface area contributed by atoms with Crippen LogP contribution in [0.3, 0.4) is 0 Å². The number of carboxylic acid groups (broad SMARTS) is 2. The van der Waals surface area contributed by atoms with Crippen molar-refractivity contribution in [3.8, 4) is 0 Å². The van der Waals surface area contributed by atoms with Crippen molar-refractivity contribution in [1.82, 2.24) is 0 Å². The fraction of sp³-hybridized carbons (Fsp3) is 0.833. The molecule has 2 atom stereocenters. The lowest BCUT2D eigenvalue weighted by Crippen LogP contribution is -2.42. The minimum absolute atomic E-state index is 0.288. The van der Waals surface area contributed by atoms with E-state index >= 15 is 0 Å². The molecule has 0 amide bonds. The van der Waals surface area contributed by atoms with Gasteiger partial charge < -0.3 is 10.2 Å². The average Bonchev–Trinajstić information content (AvgIpc) is 2.23. The number of carboxylic acids is 2. The van der Waals surface area contributed by atoms with Crippen molar-refractivity contribution in [2.24, 2.45) is 22.1 Å². The maximum atomic E-state index is 11.2. The largest absolute Gasteiger partial charge is 0.479 e. The molecule has 0 aromatic heterocycles. The second kappa shape index (κ2) is 5.46. The van der Waals surface area contributed by atoms with Crippen molar-refractivity contribution in [1.29, 1.82) is 0 Å². The summed E-state index contributed by atoms with van der Waals surface area (Å²) in [5.41, 5.74) is -2.82. The molecule has 0 saturated heterocycles. The van der Waals surface area contributed by atoms with Gasteiger partial charge in [-0.3, -0.25) is 0 Å². The first-order valence-corrected chi connectivity index (χ1v) is 5.89. The van der Waals surface area contributed by atoms with E-state index in [0.717, 1.165) is 0 Å². The maximum Gasteiger partial charge on any atom is 0.333 e. The van der Waals surface area contributed by atoms with Gasteiger partial charge in [0, 0.05) is 0 Å². The van der Waals surface area contributed by atoms with Crippen LogP contribution in [-0.4, -0.2) is 33.2 Å². The van der Waals surface area contributed by atoms with Crippen LogP contribution in [0.5, 0.6) is 0 Å². The van der Waals surface area contributed by atoms with Gasteiger partial charge in [-0.05, 0) is 25.7 Å². The van der Waals surface area contributed by atoms with Crippen molar-refractivity contribution >= 4 is 11.9 Å². The SMILES string of the molecule is CC(C)C(C)(N=NC(C)(C(=O)O)C(C)C)C(=O)O. The second-order valence-corrected chi connectivity index (χ2v) is 5.41. The highest BCUT2D eigenvalue weighted by Crippen LogP contribution is 2.28. The normalized spacial score (nSPS) is 18.9. The summed E-state index contributed by atoms with van der Waals surface area (Å²) in [5, 5.41) is 26.0. The first-order valence-electron chi connectivity index (χ1n) is 5.89. The van der Waals surface area contributed by atoms with E-state index in [0.29, 0.717) is 0 Å². The number of rotatable bonds is 6. The Kier molecular flexibility index (Phi) is 5.01. The van der Waals surface area contributed by atoms with Gasteiger partial charge in [-0.25, -0.2) is 9.59 Å². The minimum atomic E-state index is -1.41. The highest BCUT2D eigenvalue weighted by Gasteiger charge is 2.41. The highest BCUT2D eigenvalue weighted by atomic mass is 16.4. The molecule has 2 unspecified atom stereocenters. The highest BCUT2D eigenvalue weighted by molar-refractivity contribution is 5.80. The Labute approximate surface area is 107 Å². The molecule has 0 heterocycles. The van der Waals surface area contributed by atoms with Crippen molar-refractivity contribution in [2.45, 2.75) is 52.6 Å². The summed E-state index contributed by atoms with van der Waals surface area (Å²) in [6, 6.07) is 0. The van der Waals surface area contributed by atoms with E-state index < -0.39 is 23.0 Å². The zero-order valence-corrected chi connectivity index (χ0v) is 11.8. The van der Waals surface area contributed by atoms with E-state index in [4.69, 9.17) is 0 Å². The smallest absolute Gasteiger partial charge is 0.333 e. The van der Waals surface area contributed by atoms with Crippen LogP contribution in [0.15, 0.2) is 10.2 Å². The van der Waals surface area contributed by atoms with Gasteiger partial charge in [0.05, 0.1) is 0 Å². The van der Waals surface area contributed by atoms with Gasteiger partial charge in [-0.15, -0.1) is 0 Å². The Morgan fingerprint density at radius 1 is 0.833 bits per heavy atom. The van der Waals surface area contributed by atoms with Gasteiger partial charge in [-0.2, -0.15) is 10.2 Å². The summed E-state index contributed by atoms with van der Waals surface area (Å²) in [6.07, 6.45) is 0. The summed E-state index contributed by atoms with van der Waals surface area (Å²) in [4.78, 5) is 22.4. The third-order valence-corrected chi connectivity index (χ3v) is 3.58. The van der Waals surface area contributed by atoms with Crippen LogP contribution >= 0.6 is 0 Å². The number of hydrogen-bond donors (Lipinski definition) is 2. The van der Waals surface area contributed by atoms with Crippen LogP contribution in [0, 0.1) is 11.8 Å². The lowest BCUT2D eigenvalue weighted by atomic mass is 9.88. The first kappa shape index (κ1) is 16.5. The lowest BCUT2D eigenvalue weighted by molar-refractivity contribution is -0.147. The third kappa shape index (κ3) is 3.05. The van der Waals surface area contributed by atoms with Gasteiger partial charge >= 0.3 is 11.9 Å². The second-order valence-electron chi connectivity index (χ2n) is 5.41. The van der Waals surface area contributed by atoms with Crippen molar-refractivity contribution in [3.63, 3.8) is 0 Å². The van der Waals surface area contributed by atoms with Gasteiger partial charge in [0.15, 0.2) is 11.1 Å². The Hall–Kier alpha value is -1.46. The fourth-order valence-electron chi connectivity index (χ4n) is 1.02. The van der Waals surface area contributed by atoms with Gasteiger partial charge in [-0.1, -0.05) is 27.7 Å². The molecule has 0 bridgehead atoms. The molecular formula is C12H22N2O4. The van der Waals surface area contributed by atoms with E-state index in [1.54, 1.807) is 27.7 Å². The molecule has 6 heteroatoms. The Morgan fingerprint density at radius 2 is 1.06 bits per heavy atom. The van der Waals surface area contributed by atoms with Gasteiger partial charge in [0.25, 0.3) is 0 Å². The summed E-state index contributed by atoms with van der Waals surface area (Å²) in [5.74, 6) is -2.80. The standard InChI is InChI=1S/C12H22N2O4/c1-7(2)11(5,9(15)16)13-14-12(6,8(3)4)10(17)18/h7-8H,1-6H3,(H,15,16)(H,17,18). The van der Waals surface area contributed by atoms with E-state index in [2.05, 4.69) is 10.2 Å². The number of carbonyl (C=O) groups is 2. The lowest BCUT2D eigenvalue weighted by Gasteiger charge is -2.27. The van der Waals surface area contributed by atoms with E-state index in [9.17, 15) is 19.8 Å². The summed E-state index contributed by atoms with van der Waals surface area (Å²) >= 11 is 0. The molecule has 0 aliphatic heterocycles. The predicted octanol–water partition coefficient (Wildman–Crippen LogP) is 2.44. The van der Waals surface area contributed by atoms with Crippen molar-refractivity contribution in [2.75, 3.05) is 0 Å². The first-order chi connectivity index (χ1) is 7.98. The molecule has 0 aliphatic carbocycles. The summed E-state index contributed by atoms with van der Waals surface area (Å²) in [7, 11) is 0. The Bertz CT molecular complexity index is 331. The molecule has 0 rings (SSSR count). The van der Waals surface area contributed by atoms with Crippen LogP contribution in [-0.2, 0) is 9.59 Å². The van der Waals surface area contributed by atoms with Crippen LogP contribution in [0.4, 0.5) is 0 Å². The topological polar surface area (TPSA) is 99.3 Å². The van der Waals surface area contributed by atoms with Crippen LogP contribution in [0.25, 0.3) is 0 Å². The molecular weight excluding hydrogens is 236 g/mol.